The van der Waals surface area contributed by atoms with E-state index in [0.717, 1.165) is 5.69 Å². The quantitative estimate of drug-likeness (QED) is 0.771. The number of pyridine rings is 1. The Bertz CT molecular complexity index is 664. The van der Waals surface area contributed by atoms with Crippen molar-refractivity contribution in [3.05, 3.63) is 41.9 Å². The third-order valence-electron chi connectivity index (χ3n) is 2.70. The van der Waals surface area contributed by atoms with Crippen molar-refractivity contribution in [1.29, 1.82) is 0 Å². The summed E-state index contributed by atoms with van der Waals surface area (Å²) in [5, 5.41) is 13.0. The highest BCUT2D eigenvalue weighted by Crippen LogP contribution is 2.06. The highest BCUT2D eigenvalue weighted by molar-refractivity contribution is 7.89. The van der Waals surface area contributed by atoms with Gasteiger partial charge >= 0.3 is 0 Å². The molecule has 0 aromatic carbocycles. The molecule has 0 bridgehead atoms. The maximum Gasteiger partial charge on any atom is 0.258 e. The SMILES string of the molecule is Cn1ccc(CCNS(=O)(=O)c2ccc(CO)cn2)n1. The van der Waals surface area contributed by atoms with Crippen LogP contribution in [0.15, 0.2) is 35.6 Å². The molecule has 0 saturated carbocycles. The summed E-state index contributed by atoms with van der Waals surface area (Å²) in [6, 6.07) is 4.73. The van der Waals surface area contributed by atoms with Gasteiger partial charge in [-0.15, -0.1) is 0 Å². The van der Waals surface area contributed by atoms with Gasteiger partial charge in [-0.1, -0.05) is 6.07 Å². The summed E-state index contributed by atoms with van der Waals surface area (Å²) in [5.74, 6) is 0. The van der Waals surface area contributed by atoms with E-state index < -0.39 is 10.0 Å². The van der Waals surface area contributed by atoms with Crippen molar-refractivity contribution >= 4 is 10.0 Å². The van der Waals surface area contributed by atoms with Gasteiger partial charge in [-0.05, 0) is 17.7 Å². The minimum Gasteiger partial charge on any atom is -0.392 e. The number of aliphatic hydroxyl groups is 1. The zero-order valence-electron chi connectivity index (χ0n) is 11.0. The van der Waals surface area contributed by atoms with Crippen molar-refractivity contribution < 1.29 is 13.5 Å². The Balaban J connectivity index is 1.96. The van der Waals surface area contributed by atoms with Gasteiger partial charge in [0.05, 0.1) is 12.3 Å². The molecule has 2 rings (SSSR count). The number of nitrogens with one attached hydrogen (secondary N) is 1. The van der Waals surface area contributed by atoms with Crippen LogP contribution in [0.2, 0.25) is 0 Å². The van der Waals surface area contributed by atoms with Crippen LogP contribution in [-0.2, 0) is 30.1 Å². The minimum atomic E-state index is -3.63. The summed E-state index contributed by atoms with van der Waals surface area (Å²) in [7, 11) is -1.82. The number of aryl methyl sites for hydroxylation is 1. The Morgan fingerprint density at radius 1 is 1.35 bits per heavy atom. The van der Waals surface area contributed by atoms with Gasteiger partial charge < -0.3 is 5.11 Å². The standard InChI is InChI=1S/C12H16N4O3S/c1-16-7-5-11(15-16)4-6-14-20(18,19)12-3-2-10(9-17)8-13-12/h2-3,5,7-8,14,17H,4,6,9H2,1H3. The number of hydrogen-bond acceptors (Lipinski definition) is 5. The lowest BCUT2D eigenvalue weighted by atomic mass is 10.3. The van der Waals surface area contributed by atoms with Crippen LogP contribution in [0.3, 0.4) is 0 Å². The summed E-state index contributed by atoms with van der Waals surface area (Å²) in [6.07, 6.45) is 3.65. The predicted molar refractivity (Wildman–Crippen MR) is 72.3 cm³/mol. The van der Waals surface area contributed by atoms with E-state index in [-0.39, 0.29) is 18.2 Å². The Morgan fingerprint density at radius 2 is 2.15 bits per heavy atom. The normalized spacial score (nSPS) is 11.7. The molecular formula is C12H16N4O3S. The van der Waals surface area contributed by atoms with Crippen LogP contribution in [0.1, 0.15) is 11.3 Å². The molecule has 0 fully saturated rings. The molecule has 0 unspecified atom stereocenters. The van der Waals surface area contributed by atoms with Crippen LogP contribution in [0, 0.1) is 0 Å². The van der Waals surface area contributed by atoms with Gasteiger partial charge in [-0.3, -0.25) is 4.68 Å². The van der Waals surface area contributed by atoms with Crippen molar-refractivity contribution in [2.45, 2.75) is 18.1 Å². The first-order valence-electron chi connectivity index (χ1n) is 6.05. The molecule has 0 spiro atoms. The van der Waals surface area contributed by atoms with Crippen molar-refractivity contribution in [3.63, 3.8) is 0 Å². The first kappa shape index (κ1) is 14.6. The zero-order chi connectivity index (χ0) is 14.6. The van der Waals surface area contributed by atoms with Gasteiger partial charge in [0.25, 0.3) is 10.0 Å². The summed E-state index contributed by atoms with van der Waals surface area (Å²) < 4.78 is 28.1. The second-order valence-corrected chi connectivity index (χ2v) is 6.01. The third kappa shape index (κ3) is 3.62. The van der Waals surface area contributed by atoms with Crippen molar-refractivity contribution in [1.82, 2.24) is 19.5 Å². The highest BCUT2D eigenvalue weighted by atomic mass is 32.2. The van der Waals surface area contributed by atoms with Crippen LogP contribution in [0.4, 0.5) is 0 Å². The topological polar surface area (TPSA) is 97.1 Å². The molecule has 8 heteroatoms. The van der Waals surface area contributed by atoms with Crippen LogP contribution in [0.25, 0.3) is 0 Å². The lowest BCUT2D eigenvalue weighted by Gasteiger charge is -2.05. The van der Waals surface area contributed by atoms with Gasteiger partial charge in [-0.2, -0.15) is 5.10 Å². The van der Waals surface area contributed by atoms with Gasteiger partial charge in [-0.25, -0.2) is 18.1 Å². The third-order valence-corrected chi connectivity index (χ3v) is 4.07. The van der Waals surface area contributed by atoms with E-state index in [0.29, 0.717) is 12.0 Å². The van der Waals surface area contributed by atoms with Crippen molar-refractivity contribution in [2.75, 3.05) is 6.54 Å². The largest absolute Gasteiger partial charge is 0.392 e. The monoisotopic (exact) mass is 296 g/mol. The van der Waals surface area contributed by atoms with Gasteiger partial charge in [0.1, 0.15) is 0 Å². The molecule has 0 aliphatic heterocycles. The number of sulfonamides is 1. The maximum atomic E-state index is 12.0. The van der Waals surface area contributed by atoms with E-state index in [1.807, 2.05) is 6.07 Å². The number of rotatable bonds is 6. The average molecular weight is 296 g/mol. The molecule has 7 nitrogen and oxygen atoms in total. The highest BCUT2D eigenvalue weighted by Gasteiger charge is 2.14. The molecule has 108 valence electrons. The van der Waals surface area contributed by atoms with Crippen LogP contribution < -0.4 is 4.72 Å². The van der Waals surface area contributed by atoms with E-state index in [1.165, 1.54) is 18.3 Å². The molecule has 0 aliphatic carbocycles. The van der Waals surface area contributed by atoms with Gasteiger partial charge in [0.15, 0.2) is 5.03 Å². The predicted octanol–water partition coefficient (Wildman–Crippen LogP) is -0.172. The van der Waals surface area contributed by atoms with Crippen molar-refractivity contribution in [2.24, 2.45) is 7.05 Å². The summed E-state index contributed by atoms with van der Waals surface area (Å²) >= 11 is 0. The van der Waals surface area contributed by atoms with Crippen molar-refractivity contribution in [3.8, 4) is 0 Å². The molecule has 0 saturated heterocycles. The lowest BCUT2D eigenvalue weighted by molar-refractivity contribution is 0.281. The summed E-state index contributed by atoms with van der Waals surface area (Å²) in [6.45, 7) is 0.0865. The maximum absolute atomic E-state index is 12.0. The fourth-order valence-corrected chi connectivity index (χ4v) is 2.60. The van der Waals surface area contributed by atoms with Crippen LogP contribution in [0.5, 0.6) is 0 Å². The first-order chi connectivity index (χ1) is 9.51. The molecule has 0 amide bonds. The average Bonchev–Trinajstić information content (AvgIpc) is 2.84. The first-order valence-corrected chi connectivity index (χ1v) is 7.53. The van der Waals surface area contributed by atoms with Crippen LogP contribution in [-0.4, -0.2) is 34.8 Å². The smallest absolute Gasteiger partial charge is 0.258 e. The molecule has 2 aromatic heterocycles. The molecule has 0 radical (unpaired) electrons. The Hall–Kier alpha value is -1.77. The summed E-state index contributed by atoms with van der Waals surface area (Å²) in [5.41, 5.74) is 1.39. The number of aromatic nitrogens is 3. The fraction of sp³-hybridized carbons (Fsp3) is 0.333. The molecule has 2 aromatic rings. The lowest BCUT2D eigenvalue weighted by Crippen LogP contribution is -2.26. The number of aliphatic hydroxyl groups excluding tert-OH is 1. The molecule has 0 atom stereocenters. The van der Waals surface area contributed by atoms with E-state index >= 15 is 0 Å². The Labute approximate surface area is 117 Å². The molecule has 2 N–H and O–H groups in total. The van der Waals surface area contributed by atoms with E-state index in [4.69, 9.17) is 5.11 Å². The molecule has 20 heavy (non-hydrogen) atoms. The van der Waals surface area contributed by atoms with E-state index in [2.05, 4.69) is 14.8 Å². The fourth-order valence-electron chi connectivity index (χ4n) is 1.65. The van der Waals surface area contributed by atoms with Crippen LogP contribution >= 0.6 is 0 Å². The van der Waals surface area contributed by atoms with E-state index in [9.17, 15) is 8.42 Å². The molecule has 0 aliphatic rings. The molecular weight excluding hydrogens is 280 g/mol. The second kappa shape index (κ2) is 6.12. The Morgan fingerprint density at radius 3 is 2.70 bits per heavy atom. The zero-order valence-corrected chi connectivity index (χ0v) is 11.8. The molecule has 2 heterocycles. The Kier molecular flexibility index (Phi) is 4.48. The number of nitrogens with zero attached hydrogens (tertiary/aromatic N) is 3. The summed E-state index contributed by atoms with van der Waals surface area (Å²) in [4.78, 5) is 3.82. The number of hydrogen-bond donors (Lipinski definition) is 2. The van der Waals surface area contributed by atoms with E-state index in [1.54, 1.807) is 17.9 Å². The van der Waals surface area contributed by atoms with Gasteiger partial charge in [0, 0.05) is 32.4 Å². The second-order valence-electron chi connectivity index (χ2n) is 4.29. The minimum absolute atomic E-state index is 0.0595. The van der Waals surface area contributed by atoms with Gasteiger partial charge in [0.2, 0.25) is 0 Å².